The summed E-state index contributed by atoms with van der Waals surface area (Å²) in [5.41, 5.74) is -0.585. The Bertz CT molecular complexity index is 532. The fourth-order valence-electron chi connectivity index (χ4n) is 2.55. The zero-order chi connectivity index (χ0) is 17.7. The van der Waals surface area contributed by atoms with E-state index >= 15 is 0 Å². The van der Waals surface area contributed by atoms with Gasteiger partial charge >= 0.3 is 11.9 Å². The van der Waals surface area contributed by atoms with Gasteiger partial charge < -0.3 is 9.47 Å². The molecule has 0 amide bonds. The van der Waals surface area contributed by atoms with Crippen molar-refractivity contribution in [1.29, 1.82) is 0 Å². The van der Waals surface area contributed by atoms with E-state index in [9.17, 15) is 9.59 Å². The minimum atomic E-state index is -2.03. The van der Waals surface area contributed by atoms with Crippen molar-refractivity contribution in [1.82, 2.24) is 0 Å². The lowest BCUT2D eigenvalue weighted by atomic mass is 10.2. The molecule has 4 nitrogen and oxygen atoms in total. The molecule has 0 aliphatic rings. The zero-order valence-corrected chi connectivity index (χ0v) is 16.0. The van der Waals surface area contributed by atoms with Crippen molar-refractivity contribution >= 4 is 25.2 Å². The van der Waals surface area contributed by atoms with Gasteiger partial charge in [0.2, 0.25) is 0 Å². The highest BCUT2D eigenvalue weighted by Crippen LogP contribution is 2.30. The lowest BCUT2D eigenvalue weighted by molar-refractivity contribution is -0.155. The van der Waals surface area contributed by atoms with Gasteiger partial charge in [-0.25, -0.2) is 0 Å². The number of esters is 2. The second-order valence-electron chi connectivity index (χ2n) is 7.36. The van der Waals surface area contributed by atoms with Crippen LogP contribution in [0.4, 0.5) is 0 Å². The Morgan fingerprint density at radius 2 is 1.57 bits per heavy atom. The highest BCUT2D eigenvalue weighted by atomic mass is 28.3. The van der Waals surface area contributed by atoms with E-state index in [1.54, 1.807) is 0 Å². The van der Waals surface area contributed by atoms with Gasteiger partial charge in [-0.3, -0.25) is 9.59 Å². The highest BCUT2D eigenvalue weighted by Gasteiger charge is 2.37. The highest BCUT2D eigenvalue weighted by molar-refractivity contribution is 6.91. The molecule has 128 valence electrons. The van der Waals surface area contributed by atoms with Gasteiger partial charge in [0.1, 0.15) is 5.60 Å². The van der Waals surface area contributed by atoms with Crippen LogP contribution in [0.15, 0.2) is 30.3 Å². The summed E-state index contributed by atoms with van der Waals surface area (Å²) in [5.74, 6) is -0.544. The summed E-state index contributed by atoms with van der Waals surface area (Å²) in [4.78, 5) is 24.1. The molecule has 0 aliphatic carbocycles. The third-order valence-corrected chi connectivity index (χ3v) is 8.28. The number of hydrogen-bond acceptors (Lipinski definition) is 4. The second-order valence-corrected chi connectivity index (χ2v) is 12.2. The van der Waals surface area contributed by atoms with Crippen LogP contribution >= 0.6 is 0 Å². The molecule has 0 aliphatic heterocycles. The smallest absolute Gasteiger partial charge is 0.306 e. The van der Waals surface area contributed by atoms with E-state index in [4.69, 9.17) is 9.47 Å². The molecule has 5 heteroatoms. The fourth-order valence-corrected chi connectivity index (χ4v) is 5.43. The van der Waals surface area contributed by atoms with Crippen molar-refractivity contribution in [2.24, 2.45) is 0 Å². The van der Waals surface area contributed by atoms with Crippen LogP contribution in [0.25, 0.3) is 0 Å². The van der Waals surface area contributed by atoms with E-state index in [0.717, 1.165) is 0 Å². The molecule has 0 saturated carbocycles. The standard InChI is InChI=1S/C18H28O4Si/c1-18(2,3)22-17(20)13-15(12-16(19)21-4)23(5,6)14-10-8-7-9-11-14/h7-11,15H,12-13H2,1-6H3/t15-/m0/s1. The molecular formula is C18H28O4Si. The number of carbonyl (C=O) groups is 2. The molecule has 1 aromatic carbocycles. The van der Waals surface area contributed by atoms with Gasteiger partial charge in [0.05, 0.1) is 15.2 Å². The Morgan fingerprint density at radius 3 is 2.04 bits per heavy atom. The molecule has 0 bridgehead atoms. The third-order valence-electron chi connectivity index (χ3n) is 4.01. The Morgan fingerprint density at radius 1 is 1.04 bits per heavy atom. The van der Waals surface area contributed by atoms with Crippen LogP contribution in [0.2, 0.25) is 18.6 Å². The molecule has 0 heterocycles. The van der Waals surface area contributed by atoms with E-state index in [-0.39, 0.29) is 30.3 Å². The van der Waals surface area contributed by atoms with E-state index in [0.29, 0.717) is 0 Å². The van der Waals surface area contributed by atoms with Crippen molar-refractivity contribution in [3.63, 3.8) is 0 Å². The zero-order valence-electron chi connectivity index (χ0n) is 15.0. The van der Waals surface area contributed by atoms with Crippen molar-refractivity contribution in [3.8, 4) is 0 Å². The predicted molar refractivity (Wildman–Crippen MR) is 94.4 cm³/mol. The summed E-state index contributed by atoms with van der Waals surface area (Å²) in [6.45, 7) is 9.90. The van der Waals surface area contributed by atoms with Gasteiger partial charge in [-0.2, -0.15) is 0 Å². The molecule has 1 rings (SSSR count). The Hall–Kier alpha value is -1.62. The van der Waals surface area contributed by atoms with Gasteiger partial charge in [-0.15, -0.1) is 0 Å². The van der Waals surface area contributed by atoms with Gasteiger partial charge in [-0.1, -0.05) is 48.6 Å². The first-order chi connectivity index (χ1) is 10.6. The quantitative estimate of drug-likeness (QED) is 0.591. The van der Waals surface area contributed by atoms with Crippen LogP contribution in [0, 0.1) is 0 Å². The summed E-state index contributed by atoms with van der Waals surface area (Å²) in [6.07, 6.45) is 0.477. The Labute approximate surface area is 140 Å². The van der Waals surface area contributed by atoms with Crippen molar-refractivity contribution in [3.05, 3.63) is 30.3 Å². The summed E-state index contributed by atoms with van der Waals surface area (Å²) in [6, 6.07) is 10.1. The Balaban J connectivity index is 3.00. The number of carbonyl (C=O) groups excluding carboxylic acids is 2. The third kappa shape index (κ3) is 6.18. The number of ether oxygens (including phenoxy) is 2. The van der Waals surface area contributed by atoms with Crippen LogP contribution in [0.3, 0.4) is 0 Å². The van der Waals surface area contributed by atoms with E-state index in [1.165, 1.54) is 12.3 Å². The summed E-state index contributed by atoms with van der Waals surface area (Å²) in [5, 5.41) is 1.22. The Kier molecular flexibility index (Phi) is 6.56. The molecule has 0 aromatic heterocycles. The van der Waals surface area contributed by atoms with Gasteiger partial charge in [0, 0.05) is 12.8 Å². The normalized spacial score (nSPS) is 13.3. The lowest BCUT2D eigenvalue weighted by Gasteiger charge is -2.32. The maximum atomic E-state index is 12.3. The maximum Gasteiger partial charge on any atom is 0.306 e. The first-order valence-electron chi connectivity index (χ1n) is 7.90. The van der Waals surface area contributed by atoms with Crippen LogP contribution in [0.1, 0.15) is 33.6 Å². The van der Waals surface area contributed by atoms with Crippen molar-refractivity contribution < 1.29 is 19.1 Å². The molecule has 23 heavy (non-hydrogen) atoms. The van der Waals surface area contributed by atoms with Crippen LogP contribution in [-0.4, -0.2) is 32.7 Å². The average molecular weight is 337 g/mol. The summed E-state index contributed by atoms with van der Waals surface area (Å²) >= 11 is 0. The van der Waals surface area contributed by atoms with E-state index in [2.05, 4.69) is 25.2 Å². The van der Waals surface area contributed by atoms with Crippen molar-refractivity contribution in [2.45, 2.75) is 57.8 Å². The molecule has 0 N–H and O–H groups in total. The van der Waals surface area contributed by atoms with Gasteiger partial charge in [0.15, 0.2) is 0 Å². The molecule has 1 aromatic rings. The summed E-state index contributed by atoms with van der Waals surface area (Å²) in [7, 11) is -0.649. The monoisotopic (exact) mass is 336 g/mol. The number of hydrogen-bond donors (Lipinski definition) is 0. The first kappa shape index (κ1) is 19.4. The predicted octanol–water partition coefficient (Wildman–Crippen LogP) is 3.27. The van der Waals surface area contributed by atoms with Gasteiger partial charge in [-0.05, 0) is 26.3 Å². The molecule has 0 fully saturated rings. The number of benzene rings is 1. The molecular weight excluding hydrogens is 308 g/mol. The fraction of sp³-hybridized carbons (Fsp3) is 0.556. The van der Waals surface area contributed by atoms with Crippen LogP contribution in [0.5, 0.6) is 0 Å². The average Bonchev–Trinajstić information content (AvgIpc) is 2.45. The lowest BCUT2D eigenvalue weighted by Crippen LogP contribution is -2.47. The molecule has 0 spiro atoms. The van der Waals surface area contributed by atoms with E-state index in [1.807, 2.05) is 39.0 Å². The van der Waals surface area contributed by atoms with Crippen molar-refractivity contribution in [2.75, 3.05) is 7.11 Å². The molecule has 0 radical (unpaired) electrons. The minimum absolute atomic E-state index is 0.0628. The number of methoxy groups -OCH3 is 1. The second kappa shape index (κ2) is 7.77. The first-order valence-corrected chi connectivity index (χ1v) is 11.0. The largest absolute Gasteiger partial charge is 0.469 e. The van der Waals surface area contributed by atoms with Crippen LogP contribution < -0.4 is 5.19 Å². The maximum absolute atomic E-state index is 12.3. The topological polar surface area (TPSA) is 52.6 Å². The number of rotatable bonds is 6. The summed E-state index contributed by atoms with van der Waals surface area (Å²) < 4.78 is 10.3. The van der Waals surface area contributed by atoms with Gasteiger partial charge in [0.25, 0.3) is 0 Å². The molecule has 0 saturated heterocycles. The molecule has 0 unspecified atom stereocenters. The molecule has 1 atom stereocenters. The van der Waals surface area contributed by atoms with Crippen LogP contribution in [-0.2, 0) is 19.1 Å². The minimum Gasteiger partial charge on any atom is -0.469 e. The van der Waals surface area contributed by atoms with E-state index < -0.39 is 13.7 Å². The SMILES string of the molecule is COC(=O)C[C@@H](CC(=O)OC(C)(C)C)[Si](C)(C)c1ccccc1.